The third-order valence-electron chi connectivity index (χ3n) is 3.38. The third-order valence-corrected chi connectivity index (χ3v) is 3.38. The van der Waals surface area contributed by atoms with Crippen LogP contribution < -0.4 is 5.32 Å². The summed E-state index contributed by atoms with van der Waals surface area (Å²) in [6, 6.07) is 1.30. The predicted molar refractivity (Wildman–Crippen MR) is 71.0 cm³/mol. The summed E-state index contributed by atoms with van der Waals surface area (Å²) in [7, 11) is 3.81. The van der Waals surface area contributed by atoms with Gasteiger partial charge in [0.15, 0.2) is 0 Å². The molecule has 3 nitrogen and oxygen atoms in total. The van der Waals surface area contributed by atoms with E-state index in [9.17, 15) is 0 Å². The lowest BCUT2D eigenvalue weighted by molar-refractivity contribution is 0.112. The summed E-state index contributed by atoms with van der Waals surface area (Å²) >= 11 is 0. The maximum atomic E-state index is 5.19. The first-order valence-electron chi connectivity index (χ1n) is 6.59. The molecule has 0 aliphatic heterocycles. The molecule has 0 amide bonds. The first-order valence-corrected chi connectivity index (χ1v) is 6.59. The maximum Gasteiger partial charge on any atom is 0.0589 e. The van der Waals surface area contributed by atoms with Crippen molar-refractivity contribution in [1.29, 1.82) is 0 Å². The molecule has 0 saturated heterocycles. The maximum absolute atomic E-state index is 5.19. The molecule has 98 valence electrons. The van der Waals surface area contributed by atoms with Gasteiger partial charge in [0.2, 0.25) is 0 Å². The summed E-state index contributed by atoms with van der Waals surface area (Å²) in [6.07, 6.45) is 3.67. The second-order valence-electron chi connectivity index (χ2n) is 4.48. The number of hydrogen-bond acceptors (Lipinski definition) is 3. The van der Waals surface area contributed by atoms with E-state index < -0.39 is 0 Å². The number of ether oxygens (including phenoxy) is 1. The Labute approximate surface area is 102 Å². The average Bonchev–Trinajstić information content (AvgIpc) is 2.32. The number of rotatable bonds is 10. The summed E-state index contributed by atoms with van der Waals surface area (Å²) in [5, 5.41) is 3.29. The van der Waals surface area contributed by atoms with E-state index in [2.05, 4.69) is 31.0 Å². The van der Waals surface area contributed by atoms with Crippen LogP contribution in [-0.4, -0.2) is 50.8 Å². The molecule has 0 rings (SSSR count). The van der Waals surface area contributed by atoms with E-state index in [1.807, 2.05) is 7.05 Å². The zero-order chi connectivity index (χ0) is 12.4. The standard InChI is InChI=1S/C13H30N2O/c1-6-13(7-2)15(10-11-16-5)9-8-12(3)14-4/h12-14H,6-11H2,1-5H3. The first-order chi connectivity index (χ1) is 7.69. The molecule has 3 heteroatoms. The predicted octanol–water partition coefficient (Wildman–Crippen LogP) is 2.12. The van der Waals surface area contributed by atoms with E-state index in [1.165, 1.54) is 19.3 Å². The molecule has 0 aromatic carbocycles. The highest BCUT2D eigenvalue weighted by Crippen LogP contribution is 2.09. The van der Waals surface area contributed by atoms with Gasteiger partial charge < -0.3 is 10.1 Å². The molecule has 16 heavy (non-hydrogen) atoms. The molecule has 1 N–H and O–H groups in total. The van der Waals surface area contributed by atoms with Crippen molar-refractivity contribution in [3.05, 3.63) is 0 Å². The molecule has 0 aromatic heterocycles. The Kier molecular flexibility index (Phi) is 9.99. The van der Waals surface area contributed by atoms with Crippen molar-refractivity contribution >= 4 is 0 Å². The lowest BCUT2D eigenvalue weighted by Gasteiger charge is -2.31. The van der Waals surface area contributed by atoms with Crippen LogP contribution in [0.2, 0.25) is 0 Å². The van der Waals surface area contributed by atoms with Crippen LogP contribution in [0, 0.1) is 0 Å². The van der Waals surface area contributed by atoms with E-state index in [1.54, 1.807) is 7.11 Å². The van der Waals surface area contributed by atoms with E-state index >= 15 is 0 Å². The van der Waals surface area contributed by atoms with Crippen LogP contribution in [0.15, 0.2) is 0 Å². The molecule has 0 bridgehead atoms. The molecule has 0 radical (unpaired) electrons. The van der Waals surface area contributed by atoms with Crippen molar-refractivity contribution < 1.29 is 4.74 Å². The second kappa shape index (κ2) is 10.1. The fourth-order valence-corrected chi connectivity index (χ4v) is 1.99. The van der Waals surface area contributed by atoms with Gasteiger partial charge in [-0.05, 0) is 39.8 Å². The van der Waals surface area contributed by atoms with Crippen LogP contribution >= 0.6 is 0 Å². The highest BCUT2D eigenvalue weighted by molar-refractivity contribution is 4.71. The summed E-state index contributed by atoms with van der Waals surface area (Å²) in [5.74, 6) is 0. The molecule has 0 fully saturated rings. The fourth-order valence-electron chi connectivity index (χ4n) is 1.99. The quantitative estimate of drug-likeness (QED) is 0.622. The van der Waals surface area contributed by atoms with Crippen molar-refractivity contribution in [3.63, 3.8) is 0 Å². The highest BCUT2D eigenvalue weighted by Gasteiger charge is 2.15. The van der Waals surface area contributed by atoms with E-state index in [-0.39, 0.29) is 0 Å². The van der Waals surface area contributed by atoms with Crippen molar-refractivity contribution in [2.45, 2.75) is 52.1 Å². The van der Waals surface area contributed by atoms with Crippen molar-refractivity contribution in [3.8, 4) is 0 Å². The number of methoxy groups -OCH3 is 1. The monoisotopic (exact) mass is 230 g/mol. The number of nitrogens with one attached hydrogen (secondary N) is 1. The van der Waals surface area contributed by atoms with Gasteiger partial charge in [0, 0.05) is 25.7 Å². The van der Waals surface area contributed by atoms with Gasteiger partial charge >= 0.3 is 0 Å². The summed E-state index contributed by atoms with van der Waals surface area (Å²) in [4.78, 5) is 2.57. The number of nitrogens with zero attached hydrogens (tertiary/aromatic N) is 1. The Morgan fingerprint density at radius 1 is 1.19 bits per heavy atom. The van der Waals surface area contributed by atoms with E-state index in [0.29, 0.717) is 12.1 Å². The largest absolute Gasteiger partial charge is 0.383 e. The second-order valence-corrected chi connectivity index (χ2v) is 4.48. The highest BCUT2D eigenvalue weighted by atomic mass is 16.5. The van der Waals surface area contributed by atoms with Gasteiger partial charge in [-0.25, -0.2) is 0 Å². The fraction of sp³-hybridized carbons (Fsp3) is 1.00. The molecule has 1 unspecified atom stereocenters. The van der Waals surface area contributed by atoms with Crippen LogP contribution in [0.5, 0.6) is 0 Å². The number of hydrogen-bond donors (Lipinski definition) is 1. The molecule has 0 aliphatic rings. The lowest BCUT2D eigenvalue weighted by Crippen LogP contribution is -2.39. The van der Waals surface area contributed by atoms with Crippen molar-refractivity contribution in [2.24, 2.45) is 0 Å². The van der Waals surface area contributed by atoms with Gasteiger partial charge in [-0.15, -0.1) is 0 Å². The van der Waals surface area contributed by atoms with Crippen LogP contribution in [0.3, 0.4) is 0 Å². The van der Waals surface area contributed by atoms with Crippen molar-refractivity contribution in [1.82, 2.24) is 10.2 Å². The zero-order valence-corrected chi connectivity index (χ0v) is 11.8. The van der Waals surface area contributed by atoms with Gasteiger partial charge in [-0.1, -0.05) is 13.8 Å². The molecule has 0 heterocycles. The van der Waals surface area contributed by atoms with Crippen molar-refractivity contribution in [2.75, 3.05) is 33.9 Å². The van der Waals surface area contributed by atoms with Gasteiger partial charge in [0.1, 0.15) is 0 Å². The van der Waals surface area contributed by atoms with E-state index in [4.69, 9.17) is 4.74 Å². The van der Waals surface area contributed by atoms with E-state index in [0.717, 1.165) is 19.7 Å². The van der Waals surface area contributed by atoms with Crippen LogP contribution in [0.4, 0.5) is 0 Å². The summed E-state index contributed by atoms with van der Waals surface area (Å²) < 4.78 is 5.19. The average molecular weight is 230 g/mol. The molecular weight excluding hydrogens is 200 g/mol. The smallest absolute Gasteiger partial charge is 0.0589 e. The summed E-state index contributed by atoms with van der Waals surface area (Å²) in [6.45, 7) is 9.84. The minimum absolute atomic E-state index is 0.597. The van der Waals surface area contributed by atoms with Crippen LogP contribution in [0.1, 0.15) is 40.0 Å². The Hall–Kier alpha value is -0.120. The van der Waals surface area contributed by atoms with Gasteiger partial charge in [-0.3, -0.25) is 4.90 Å². The lowest BCUT2D eigenvalue weighted by atomic mass is 10.1. The molecule has 0 aliphatic carbocycles. The normalized spacial score (nSPS) is 13.7. The first kappa shape index (κ1) is 15.9. The molecule has 0 saturated carbocycles. The van der Waals surface area contributed by atoms with Gasteiger partial charge in [0.25, 0.3) is 0 Å². The van der Waals surface area contributed by atoms with Gasteiger partial charge in [0.05, 0.1) is 6.61 Å². The third kappa shape index (κ3) is 6.46. The Morgan fingerprint density at radius 3 is 2.25 bits per heavy atom. The van der Waals surface area contributed by atoms with Crippen LogP contribution in [0.25, 0.3) is 0 Å². The minimum Gasteiger partial charge on any atom is -0.383 e. The molecule has 0 aromatic rings. The Morgan fingerprint density at radius 2 is 1.81 bits per heavy atom. The topological polar surface area (TPSA) is 24.5 Å². The SMILES string of the molecule is CCC(CC)N(CCOC)CCC(C)NC. The Bertz CT molecular complexity index is 149. The molecular formula is C13H30N2O. The zero-order valence-electron chi connectivity index (χ0n) is 11.8. The summed E-state index contributed by atoms with van der Waals surface area (Å²) in [5.41, 5.74) is 0. The van der Waals surface area contributed by atoms with Gasteiger partial charge in [-0.2, -0.15) is 0 Å². The Balaban J connectivity index is 4.07. The minimum atomic E-state index is 0.597. The molecule has 1 atom stereocenters. The molecule has 0 spiro atoms. The van der Waals surface area contributed by atoms with Crippen LogP contribution in [-0.2, 0) is 4.74 Å².